The molecular weight excluding hydrogens is 634 g/mol. The first kappa shape index (κ1) is 35.6. The van der Waals surface area contributed by atoms with Gasteiger partial charge in [-0.3, -0.25) is 19.2 Å². The van der Waals surface area contributed by atoms with Crippen molar-refractivity contribution in [2.24, 2.45) is 5.92 Å². The van der Waals surface area contributed by atoms with E-state index in [4.69, 9.17) is 14.2 Å². The second-order valence-corrected chi connectivity index (χ2v) is 13.1. The number of hydrogen-bond donors (Lipinski definition) is 3. The fourth-order valence-corrected chi connectivity index (χ4v) is 6.27. The second kappa shape index (κ2) is 13.9. The van der Waals surface area contributed by atoms with Gasteiger partial charge in [0.05, 0.1) is 32.9 Å². The van der Waals surface area contributed by atoms with Crippen molar-refractivity contribution in [1.29, 1.82) is 0 Å². The first-order valence-electron chi connectivity index (χ1n) is 14.9. The van der Waals surface area contributed by atoms with Crippen molar-refractivity contribution in [1.82, 2.24) is 24.4 Å². The fraction of sp³-hybridized carbons (Fsp3) is 0.484. The summed E-state index contributed by atoms with van der Waals surface area (Å²) in [5, 5.41) is 13.9. The van der Waals surface area contributed by atoms with E-state index in [2.05, 4.69) is 28.3 Å². The highest BCUT2D eigenvalue weighted by Gasteiger charge is 2.61. The second-order valence-electron chi connectivity index (χ2n) is 11.4. The molecule has 2 aliphatic rings. The molecule has 0 bridgehead atoms. The number of aliphatic hydroxyl groups is 1. The third-order valence-corrected chi connectivity index (χ3v) is 9.62. The number of pyridine rings is 1. The first-order chi connectivity index (χ1) is 22.1. The highest BCUT2D eigenvalue weighted by Crippen LogP contribution is 2.45. The highest BCUT2D eigenvalue weighted by molar-refractivity contribution is 7.87. The number of aryl methyl sites for hydroxylation is 1. The maximum absolute atomic E-state index is 13.9. The quantitative estimate of drug-likeness (QED) is 0.193. The zero-order chi connectivity index (χ0) is 34.8. The Bertz CT molecular complexity index is 1700. The molecule has 47 heavy (non-hydrogen) atoms. The standard InChI is InChI=1S/C31H41N5O10S/c1-9-19-15-31(19,30(40)34-47(41,42)35(6)44-8)33-28(38)22-13-20(16-36(22)29(39)27(37)17(3)4)46-24-14-25(45-10-2)32-26-18(5)23(43-7)12-11-21(24)26/h9,11-12,14,19-20,22,27,37H,1,3,10,13,15-16H2,2,4-8H3,(H,33,38)(H,34,40)/t19?,20-,22+,27+,31-/m1/s1. The summed E-state index contributed by atoms with van der Waals surface area (Å²) in [5.41, 5.74) is -0.146. The summed E-state index contributed by atoms with van der Waals surface area (Å²) in [6.45, 7) is 12.7. The largest absolute Gasteiger partial charge is 0.496 e. The van der Waals surface area contributed by atoms with Crippen LogP contribution >= 0.6 is 0 Å². The summed E-state index contributed by atoms with van der Waals surface area (Å²) in [4.78, 5) is 51.1. The van der Waals surface area contributed by atoms with E-state index < -0.39 is 57.6 Å². The molecule has 0 radical (unpaired) electrons. The highest BCUT2D eigenvalue weighted by atomic mass is 32.2. The van der Waals surface area contributed by atoms with Gasteiger partial charge < -0.3 is 29.5 Å². The summed E-state index contributed by atoms with van der Waals surface area (Å²) < 4.78 is 44.9. The number of nitrogens with zero attached hydrogens (tertiary/aromatic N) is 3. The average molecular weight is 676 g/mol. The van der Waals surface area contributed by atoms with E-state index in [-0.39, 0.29) is 25.0 Å². The molecule has 1 saturated heterocycles. The predicted octanol–water partition coefficient (Wildman–Crippen LogP) is 1.15. The Balaban J connectivity index is 1.66. The molecule has 1 aromatic carbocycles. The molecule has 2 aromatic rings. The summed E-state index contributed by atoms with van der Waals surface area (Å²) in [6.07, 6.45) is -0.863. The van der Waals surface area contributed by atoms with Gasteiger partial charge in [-0.2, -0.15) is 8.42 Å². The Morgan fingerprint density at radius 1 is 1.28 bits per heavy atom. The number of fused-ring (bicyclic) bond motifs is 1. The van der Waals surface area contributed by atoms with Crippen molar-refractivity contribution < 1.29 is 47.0 Å². The van der Waals surface area contributed by atoms with Crippen LogP contribution in [0.4, 0.5) is 0 Å². The molecule has 1 unspecified atom stereocenters. The van der Waals surface area contributed by atoms with Gasteiger partial charge in [-0.1, -0.05) is 17.1 Å². The number of benzene rings is 1. The number of aromatic nitrogens is 1. The van der Waals surface area contributed by atoms with Gasteiger partial charge in [0.2, 0.25) is 11.8 Å². The van der Waals surface area contributed by atoms with Crippen LogP contribution in [0.1, 0.15) is 32.3 Å². The molecule has 1 saturated carbocycles. The molecular formula is C31H41N5O10S. The van der Waals surface area contributed by atoms with Gasteiger partial charge in [-0.25, -0.2) is 9.71 Å². The Morgan fingerprint density at radius 2 is 1.98 bits per heavy atom. The molecule has 3 amide bonds. The van der Waals surface area contributed by atoms with Gasteiger partial charge in [0, 0.05) is 36.4 Å². The molecule has 256 valence electrons. The monoisotopic (exact) mass is 675 g/mol. The summed E-state index contributed by atoms with van der Waals surface area (Å²) >= 11 is 0. The number of aliphatic hydroxyl groups excluding tert-OH is 1. The van der Waals surface area contributed by atoms with E-state index in [0.717, 1.165) is 19.7 Å². The summed E-state index contributed by atoms with van der Waals surface area (Å²) in [7, 11) is -0.631. The number of amides is 3. The number of methoxy groups -OCH3 is 1. The number of ether oxygens (including phenoxy) is 3. The smallest absolute Gasteiger partial charge is 0.325 e. The molecule has 0 spiro atoms. The maximum atomic E-state index is 13.9. The lowest BCUT2D eigenvalue weighted by atomic mass is 10.1. The van der Waals surface area contributed by atoms with Crippen LogP contribution in [-0.4, -0.2) is 104 Å². The van der Waals surface area contributed by atoms with E-state index in [1.165, 1.54) is 17.9 Å². The van der Waals surface area contributed by atoms with Crippen molar-refractivity contribution in [2.75, 3.05) is 34.4 Å². The van der Waals surface area contributed by atoms with Crippen LogP contribution < -0.4 is 24.2 Å². The first-order valence-corrected chi connectivity index (χ1v) is 16.3. The van der Waals surface area contributed by atoms with Crippen LogP contribution in [0.2, 0.25) is 0 Å². The molecule has 1 aliphatic heterocycles. The topological polar surface area (TPSA) is 186 Å². The molecule has 16 heteroatoms. The van der Waals surface area contributed by atoms with Gasteiger partial charge in [0.25, 0.3) is 11.8 Å². The number of hydrogen-bond acceptors (Lipinski definition) is 11. The molecule has 5 atom stereocenters. The molecule has 2 heterocycles. The number of hydroxylamine groups is 1. The zero-order valence-corrected chi connectivity index (χ0v) is 28.0. The average Bonchev–Trinajstić information content (AvgIpc) is 3.59. The number of rotatable bonds is 14. The lowest BCUT2D eigenvalue weighted by Gasteiger charge is -2.28. The lowest BCUT2D eigenvalue weighted by molar-refractivity contribution is -0.144. The van der Waals surface area contributed by atoms with Gasteiger partial charge in [0.1, 0.15) is 29.2 Å². The van der Waals surface area contributed by atoms with E-state index in [9.17, 15) is 27.9 Å². The zero-order valence-electron chi connectivity index (χ0n) is 27.2. The number of carbonyl (C=O) groups is 3. The predicted molar refractivity (Wildman–Crippen MR) is 171 cm³/mol. The van der Waals surface area contributed by atoms with Gasteiger partial charge in [-0.05, 0) is 44.9 Å². The van der Waals surface area contributed by atoms with Crippen LogP contribution in [0, 0.1) is 12.8 Å². The molecule has 1 aromatic heterocycles. The molecule has 3 N–H and O–H groups in total. The van der Waals surface area contributed by atoms with Crippen LogP contribution in [0.25, 0.3) is 10.9 Å². The molecule has 4 rings (SSSR count). The normalized spacial score (nSPS) is 22.8. The van der Waals surface area contributed by atoms with Crippen LogP contribution in [0.15, 0.2) is 43.0 Å². The summed E-state index contributed by atoms with van der Waals surface area (Å²) in [6, 6.07) is 3.98. The number of nitrogens with one attached hydrogen (secondary N) is 2. The van der Waals surface area contributed by atoms with Crippen molar-refractivity contribution in [3.8, 4) is 17.4 Å². The van der Waals surface area contributed by atoms with Crippen LogP contribution in [-0.2, 0) is 29.4 Å². The van der Waals surface area contributed by atoms with Crippen LogP contribution in [0.3, 0.4) is 0 Å². The molecule has 15 nitrogen and oxygen atoms in total. The van der Waals surface area contributed by atoms with Crippen molar-refractivity contribution in [2.45, 2.75) is 57.4 Å². The Hall–Kier alpha value is -4.25. The Kier molecular flexibility index (Phi) is 10.5. The Morgan fingerprint density at radius 3 is 2.55 bits per heavy atom. The minimum Gasteiger partial charge on any atom is -0.496 e. The number of likely N-dealkylation sites (tertiary alicyclic amines) is 1. The van der Waals surface area contributed by atoms with Crippen molar-refractivity contribution in [3.05, 3.63) is 48.6 Å². The van der Waals surface area contributed by atoms with E-state index in [1.54, 1.807) is 25.3 Å². The van der Waals surface area contributed by atoms with Crippen molar-refractivity contribution in [3.63, 3.8) is 0 Å². The minimum atomic E-state index is -4.39. The van der Waals surface area contributed by atoms with E-state index in [0.29, 0.717) is 39.4 Å². The fourth-order valence-electron chi connectivity index (χ4n) is 5.53. The third-order valence-electron chi connectivity index (χ3n) is 8.35. The van der Waals surface area contributed by atoms with E-state index in [1.807, 2.05) is 18.6 Å². The lowest BCUT2D eigenvalue weighted by Crippen LogP contribution is -2.58. The Labute approximate surface area is 273 Å². The molecule has 1 aliphatic carbocycles. The third kappa shape index (κ3) is 7.05. The minimum absolute atomic E-state index is 0.0232. The number of carbonyl (C=O) groups excluding carboxylic acids is 3. The van der Waals surface area contributed by atoms with Gasteiger partial charge in [0.15, 0.2) is 6.10 Å². The van der Waals surface area contributed by atoms with Crippen molar-refractivity contribution >= 4 is 38.8 Å². The summed E-state index contributed by atoms with van der Waals surface area (Å²) in [5.74, 6) is -1.80. The van der Waals surface area contributed by atoms with Crippen LogP contribution in [0.5, 0.6) is 17.4 Å². The van der Waals surface area contributed by atoms with E-state index >= 15 is 0 Å². The van der Waals surface area contributed by atoms with Gasteiger partial charge >= 0.3 is 10.2 Å². The maximum Gasteiger partial charge on any atom is 0.325 e. The molecule has 2 fully saturated rings. The SMILES string of the molecule is C=CC1C[C@]1(NC(=O)[C@@H]1C[C@@H](Oc2cc(OCC)nc3c(C)c(OC)ccc23)CN1C(=O)[C@@H](O)C(=C)C)C(=O)NS(=O)(=O)N(C)OC. The van der Waals surface area contributed by atoms with Gasteiger partial charge in [-0.15, -0.1) is 6.58 Å².